The average Bonchev–Trinajstić information content (AvgIpc) is 3.29. The molecule has 0 aliphatic carbocycles. The van der Waals surface area contributed by atoms with Gasteiger partial charge in [-0.25, -0.2) is 4.79 Å². The summed E-state index contributed by atoms with van der Waals surface area (Å²) in [6.07, 6.45) is 3.95. The summed E-state index contributed by atoms with van der Waals surface area (Å²) in [5.74, 6) is -0.0135. The lowest BCUT2D eigenvalue weighted by Gasteiger charge is -2.31. The van der Waals surface area contributed by atoms with Gasteiger partial charge in [-0.1, -0.05) is 30.3 Å². The number of benzene rings is 2. The second-order valence-electron chi connectivity index (χ2n) is 8.23. The fourth-order valence-corrected chi connectivity index (χ4v) is 4.21. The molecule has 2 aromatic carbocycles. The molecule has 2 aliphatic heterocycles. The number of para-hydroxylation sites is 1. The maximum absolute atomic E-state index is 12.7. The van der Waals surface area contributed by atoms with E-state index in [0.717, 1.165) is 17.9 Å². The number of carbonyl (C=O) groups excluding carboxylic acids is 2. The Labute approximate surface area is 178 Å². The van der Waals surface area contributed by atoms with E-state index in [1.54, 1.807) is 4.90 Å². The fraction of sp³-hybridized carbons (Fsp3) is 0.417. The van der Waals surface area contributed by atoms with E-state index in [-0.39, 0.29) is 17.9 Å². The van der Waals surface area contributed by atoms with Gasteiger partial charge in [0.05, 0.1) is 0 Å². The van der Waals surface area contributed by atoms with Gasteiger partial charge >= 0.3 is 6.03 Å². The molecule has 3 amide bonds. The van der Waals surface area contributed by atoms with E-state index in [0.29, 0.717) is 25.9 Å². The van der Waals surface area contributed by atoms with E-state index in [4.69, 9.17) is 0 Å². The molecule has 0 aromatic heterocycles. The molecule has 6 nitrogen and oxygen atoms in total. The average molecular weight is 407 g/mol. The van der Waals surface area contributed by atoms with Crippen LogP contribution in [-0.4, -0.2) is 47.9 Å². The smallest absolute Gasteiger partial charge is 0.321 e. The molecule has 0 unspecified atom stereocenters. The molecule has 2 aliphatic rings. The highest BCUT2D eigenvalue weighted by Gasteiger charge is 2.27. The van der Waals surface area contributed by atoms with E-state index in [1.807, 2.05) is 42.5 Å². The number of amides is 3. The lowest BCUT2D eigenvalue weighted by molar-refractivity contribution is -0.121. The van der Waals surface area contributed by atoms with E-state index in [1.165, 1.54) is 31.5 Å². The summed E-state index contributed by atoms with van der Waals surface area (Å²) in [7, 11) is 0. The number of likely N-dealkylation sites (tertiary alicyclic amines) is 2. The molecule has 0 saturated carbocycles. The van der Waals surface area contributed by atoms with Crippen LogP contribution < -0.4 is 10.6 Å². The summed E-state index contributed by atoms with van der Waals surface area (Å²) in [6.45, 7) is 4.52. The van der Waals surface area contributed by atoms with Crippen molar-refractivity contribution in [2.75, 3.05) is 36.8 Å². The first-order valence-corrected chi connectivity index (χ1v) is 10.9. The molecule has 2 heterocycles. The lowest BCUT2D eigenvalue weighted by atomic mass is 9.96. The van der Waals surface area contributed by atoms with Gasteiger partial charge < -0.3 is 15.5 Å². The van der Waals surface area contributed by atoms with Crippen molar-refractivity contribution in [2.45, 2.75) is 32.2 Å². The third kappa shape index (κ3) is 5.39. The van der Waals surface area contributed by atoms with Crippen molar-refractivity contribution in [3.05, 3.63) is 60.2 Å². The van der Waals surface area contributed by atoms with Crippen LogP contribution in [0.1, 0.15) is 31.2 Å². The zero-order valence-corrected chi connectivity index (χ0v) is 17.3. The number of rotatable bonds is 5. The van der Waals surface area contributed by atoms with Crippen molar-refractivity contribution < 1.29 is 9.59 Å². The molecule has 6 heteroatoms. The number of nitrogens with zero attached hydrogens (tertiary/aromatic N) is 2. The van der Waals surface area contributed by atoms with Crippen molar-refractivity contribution in [2.24, 2.45) is 5.92 Å². The molecule has 2 saturated heterocycles. The largest absolute Gasteiger partial charge is 0.326 e. The van der Waals surface area contributed by atoms with Crippen LogP contribution >= 0.6 is 0 Å². The number of urea groups is 1. The number of anilines is 2. The predicted octanol–water partition coefficient (Wildman–Crippen LogP) is 4.17. The van der Waals surface area contributed by atoms with Crippen LogP contribution in [0.15, 0.2) is 54.6 Å². The van der Waals surface area contributed by atoms with Gasteiger partial charge in [-0.2, -0.15) is 0 Å². The Hall–Kier alpha value is -2.86. The monoisotopic (exact) mass is 406 g/mol. The summed E-state index contributed by atoms with van der Waals surface area (Å²) in [6, 6.07) is 17.5. The van der Waals surface area contributed by atoms with Crippen molar-refractivity contribution in [1.29, 1.82) is 0 Å². The Bertz CT molecular complexity index is 839. The SMILES string of the molecule is O=C(Nc1ccc(CN2CCCC2)cc1)C1CCN(C(=O)Nc2ccccc2)CC1. The van der Waals surface area contributed by atoms with Crippen molar-refractivity contribution in [1.82, 2.24) is 9.80 Å². The zero-order valence-electron chi connectivity index (χ0n) is 17.3. The maximum atomic E-state index is 12.7. The summed E-state index contributed by atoms with van der Waals surface area (Å²) < 4.78 is 0. The lowest BCUT2D eigenvalue weighted by Crippen LogP contribution is -2.43. The zero-order chi connectivity index (χ0) is 20.8. The molecule has 158 valence electrons. The molecule has 0 atom stereocenters. The molecule has 30 heavy (non-hydrogen) atoms. The fourth-order valence-electron chi connectivity index (χ4n) is 4.21. The quantitative estimate of drug-likeness (QED) is 0.783. The summed E-state index contributed by atoms with van der Waals surface area (Å²) in [5, 5.41) is 5.95. The van der Waals surface area contributed by atoms with Crippen molar-refractivity contribution in [3.8, 4) is 0 Å². The maximum Gasteiger partial charge on any atom is 0.321 e. The molecule has 0 bridgehead atoms. The Balaban J connectivity index is 1.22. The standard InChI is InChI=1S/C24H30N4O2/c29-23(25-22-10-8-19(9-11-22)18-27-14-4-5-15-27)20-12-16-28(17-13-20)24(30)26-21-6-2-1-3-7-21/h1-3,6-11,20H,4-5,12-18H2,(H,25,29)(H,26,30). The first-order valence-electron chi connectivity index (χ1n) is 10.9. The van der Waals surface area contributed by atoms with Crippen molar-refractivity contribution >= 4 is 23.3 Å². The third-order valence-electron chi connectivity index (χ3n) is 6.00. The number of carbonyl (C=O) groups is 2. The van der Waals surface area contributed by atoms with Crippen LogP contribution in [0.5, 0.6) is 0 Å². The van der Waals surface area contributed by atoms with E-state index >= 15 is 0 Å². The second kappa shape index (κ2) is 9.76. The molecule has 0 radical (unpaired) electrons. The molecule has 2 aromatic rings. The van der Waals surface area contributed by atoms with Crippen LogP contribution in [-0.2, 0) is 11.3 Å². The number of hydrogen-bond donors (Lipinski definition) is 2. The molecular weight excluding hydrogens is 376 g/mol. The minimum Gasteiger partial charge on any atom is -0.326 e. The summed E-state index contributed by atoms with van der Waals surface area (Å²) >= 11 is 0. The normalized spacial score (nSPS) is 17.7. The Morgan fingerprint density at radius 1 is 0.800 bits per heavy atom. The van der Waals surface area contributed by atoms with Gasteiger partial charge in [0.25, 0.3) is 0 Å². The van der Waals surface area contributed by atoms with Gasteiger partial charge in [-0.3, -0.25) is 9.69 Å². The summed E-state index contributed by atoms with van der Waals surface area (Å²) in [4.78, 5) is 29.3. The molecular formula is C24H30N4O2. The first kappa shape index (κ1) is 20.4. The number of nitrogens with one attached hydrogen (secondary N) is 2. The van der Waals surface area contributed by atoms with Gasteiger partial charge in [-0.05, 0) is 68.6 Å². The van der Waals surface area contributed by atoms with Crippen LogP contribution in [0.25, 0.3) is 0 Å². The van der Waals surface area contributed by atoms with E-state index in [2.05, 4.69) is 27.7 Å². The predicted molar refractivity (Wildman–Crippen MR) is 119 cm³/mol. The van der Waals surface area contributed by atoms with Gasteiger partial charge in [-0.15, -0.1) is 0 Å². The van der Waals surface area contributed by atoms with Crippen LogP contribution in [0.4, 0.5) is 16.2 Å². The van der Waals surface area contributed by atoms with Gasteiger partial charge in [0, 0.05) is 36.9 Å². The Morgan fingerprint density at radius 3 is 2.10 bits per heavy atom. The minimum absolute atomic E-state index is 0.0467. The molecule has 2 N–H and O–H groups in total. The minimum atomic E-state index is -0.103. The van der Waals surface area contributed by atoms with Crippen molar-refractivity contribution in [3.63, 3.8) is 0 Å². The first-order chi connectivity index (χ1) is 14.7. The van der Waals surface area contributed by atoms with Gasteiger partial charge in [0.15, 0.2) is 0 Å². The highest BCUT2D eigenvalue weighted by atomic mass is 16.2. The Kier molecular flexibility index (Phi) is 6.64. The second-order valence-corrected chi connectivity index (χ2v) is 8.23. The summed E-state index contributed by atoms with van der Waals surface area (Å²) in [5.41, 5.74) is 2.91. The molecule has 4 rings (SSSR count). The van der Waals surface area contributed by atoms with Crippen LogP contribution in [0, 0.1) is 5.92 Å². The highest BCUT2D eigenvalue weighted by Crippen LogP contribution is 2.21. The highest BCUT2D eigenvalue weighted by molar-refractivity contribution is 5.93. The van der Waals surface area contributed by atoms with Crippen LogP contribution in [0.2, 0.25) is 0 Å². The third-order valence-corrected chi connectivity index (χ3v) is 6.00. The van der Waals surface area contributed by atoms with Crippen LogP contribution in [0.3, 0.4) is 0 Å². The molecule has 0 spiro atoms. The molecule has 2 fully saturated rings. The number of piperidine rings is 1. The van der Waals surface area contributed by atoms with Gasteiger partial charge in [0.1, 0.15) is 0 Å². The van der Waals surface area contributed by atoms with E-state index < -0.39 is 0 Å². The van der Waals surface area contributed by atoms with Gasteiger partial charge in [0.2, 0.25) is 5.91 Å². The topological polar surface area (TPSA) is 64.7 Å². The number of hydrogen-bond acceptors (Lipinski definition) is 3. The Morgan fingerprint density at radius 2 is 1.43 bits per heavy atom. The van der Waals surface area contributed by atoms with E-state index in [9.17, 15) is 9.59 Å².